The summed E-state index contributed by atoms with van der Waals surface area (Å²) in [7, 11) is 0. The number of amides is 3. The molecule has 0 aliphatic carbocycles. The maximum absolute atomic E-state index is 13.8. The molecule has 272 valence electrons. The minimum atomic E-state index is -1.34. The van der Waals surface area contributed by atoms with Crippen LogP contribution < -0.4 is 16.0 Å². The second-order valence-electron chi connectivity index (χ2n) is 14.6. The molecule has 5 atom stereocenters. The molecule has 1 aliphatic rings. The normalized spacial score (nSPS) is 23.6. The first-order valence-corrected chi connectivity index (χ1v) is 18.6. The Balaban J connectivity index is 2.42. The van der Waals surface area contributed by atoms with Gasteiger partial charge in [0.15, 0.2) is 10.2 Å². The van der Waals surface area contributed by atoms with Crippen LogP contribution in [0.2, 0.25) is 0 Å². The number of aliphatic hydroxyl groups excluding tert-OH is 1. The number of nitrogens with one attached hydrogen (secondary N) is 3. The lowest BCUT2D eigenvalue weighted by Crippen LogP contribution is -2.58. The van der Waals surface area contributed by atoms with Crippen molar-refractivity contribution in [3.05, 3.63) is 48.0 Å². The number of allylic oxidation sites excluding steroid dienone is 1. The lowest BCUT2D eigenvalue weighted by atomic mass is 9.96. The smallest absolute Gasteiger partial charge is 0.309 e. The van der Waals surface area contributed by atoms with Crippen molar-refractivity contribution in [2.45, 2.75) is 111 Å². The fourth-order valence-corrected chi connectivity index (χ4v) is 6.50. The van der Waals surface area contributed by atoms with E-state index in [2.05, 4.69) is 16.0 Å². The molecule has 0 bridgehead atoms. The van der Waals surface area contributed by atoms with Crippen molar-refractivity contribution in [2.24, 2.45) is 16.7 Å². The molecule has 2 rings (SSSR count). The summed E-state index contributed by atoms with van der Waals surface area (Å²) in [5, 5.41) is 19.2. The Labute approximate surface area is 298 Å². The highest BCUT2D eigenvalue weighted by Gasteiger charge is 2.34. The molecule has 3 amide bonds. The quantitative estimate of drug-likeness (QED) is 0.167. The van der Waals surface area contributed by atoms with Crippen LogP contribution in [0.5, 0.6) is 0 Å². The molecule has 1 fully saturated rings. The monoisotopic (exact) mass is 719 g/mol. The maximum Gasteiger partial charge on any atom is 0.309 e. The Hall–Kier alpha value is -3.16. The van der Waals surface area contributed by atoms with Gasteiger partial charge in [0.05, 0.1) is 25.0 Å². The third kappa shape index (κ3) is 15.1. The van der Waals surface area contributed by atoms with Gasteiger partial charge in [-0.15, -0.1) is 0 Å². The van der Waals surface area contributed by atoms with Crippen LogP contribution >= 0.6 is 23.5 Å². The van der Waals surface area contributed by atoms with E-state index in [-0.39, 0.29) is 34.7 Å². The van der Waals surface area contributed by atoms with Gasteiger partial charge >= 0.3 is 5.97 Å². The number of aliphatic hydroxyl groups is 1. The Kier molecular flexibility index (Phi) is 16.5. The summed E-state index contributed by atoms with van der Waals surface area (Å²) in [4.78, 5) is 79.0. The minimum Gasteiger partial charge on any atom is -0.457 e. The van der Waals surface area contributed by atoms with Crippen LogP contribution in [0.1, 0.15) is 80.2 Å². The number of rotatable bonds is 9. The van der Waals surface area contributed by atoms with Gasteiger partial charge in [0.25, 0.3) is 0 Å². The first-order valence-electron chi connectivity index (χ1n) is 16.6. The number of esters is 1. The van der Waals surface area contributed by atoms with Crippen LogP contribution in [0, 0.1) is 16.7 Å². The molecule has 1 aliphatic heterocycles. The zero-order chi connectivity index (χ0) is 36.9. The first-order chi connectivity index (χ1) is 22.8. The molecule has 0 spiro atoms. The average molecular weight is 720 g/mol. The summed E-state index contributed by atoms with van der Waals surface area (Å²) in [6.07, 6.45) is 0.739. The van der Waals surface area contributed by atoms with E-state index in [4.69, 9.17) is 4.74 Å². The van der Waals surface area contributed by atoms with E-state index in [1.807, 2.05) is 26.8 Å². The Morgan fingerprint density at radius 3 is 2.06 bits per heavy atom. The SMILES string of the molecule is CC(C)[C@H]1NC(=O)[C@H](CSC(=O)C(C)(C)C)NC(=O)[C@@H](Cc2ccccc2)NC(=O)C[C@@H](/C=C/CCSC(=O)C(C)(C)C)OC(=O)C[C@@H]1O. The number of benzene rings is 1. The van der Waals surface area contributed by atoms with E-state index in [0.717, 1.165) is 17.3 Å². The van der Waals surface area contributed by atoms with Crippen LogP contribution in [0.3, 0.4) is 0 Å². The Bertz CT molecular complexity index is 1340. The molecule has 0 radical (unpaired) electrons. The van der Waals surface area contributed by atoms with Crippen LogP contribution in [-0.2, 0) is 39.9 Å². The largest absolute Gasteiger partial charge is 0.457 e. The van der Waals surface area contributed by atoms with Gasteiger partial charge in [-0.25, -0.2) is 0 Å². The van der Waals surface area contributed by atoms with E-state index in [0.29, 0.717) is 12.2 Å². The van der Waals surface area contributed by atoms with Gasteiger partial charge in [0, 0.05) is 28.8 Å². The molecule has 1 aromatic carbocycles. The van der Waals surface area contributed by atoms with Crippen LogP contribution in [0.15, 0.2) is 42.5 Å². The molecule has 0 unspecified atom stereocenters. The summed E-state index contributed by atoms with van der Waals surface area (Å²) >= 11 is 2.11. The van der Waals surface area contributed by atoms with E-state index in [1.54, 1.807) is 71.0 Å². The summed E-state index contributed by atoms with van der Waals surface area (Å²) < 4.78 is 5.63. The zero-order valence-electron chi connectivity index (χ0n) is 29.9. The lowest BCUT2D eigenvalue weighted by molar-refractivity contribution is -0.151. The fourth-order valence-electron chi connectivity index (χ4n) is 4.65. The number of hydrogen-bond donors (Lipinski definition) is 4. The molecule has 1 aromatic rings. The number of hydrogen-bond acceptors (Lipinski definition) is 10. The van der Waals surface area contributed by atoms with Crippen molar-refractivity contribution >= 4 is 57.4 Å². The van der Waals surface area contributed by atoms with Crippen LogP contribution in [0.25, 0.3) is 0 Å². The molecular formula is C36H53N3O8S2. The summed E-state index contributed by atoms with van der Waals surface area (Å²) in [5.41, 5.74) is -0.419. The number of carbonyl (C=O) groups is 6. The van der Waals surface area contributed by atoms with Gasteiger partial charge in [-0.3, -0.25) is 28.8 Å². The van der Waals surface area contributed by atoms with Gasteiger partial charge in [-0.05, 0) is 24.0 Å². The predicted octanol–water partition coefficient (Wildman–Crippen LogP) is 3.96. The highest BCUT2D eigenvalue weighted by Crippen LogP contribution is 2.25. The third-order valence-electron chi connectivity index (χ3n) is 7.53. The van der Waals surface area contributed by atoms with Crippen LogP contribution in [-0.4, -0.2) is 80.9 Å². The zero-order valence-corrected chi connectivity index (χ0v) is 31.5. The highest BCUT2D eigenvalue weighted by atomic mass is 32.2. The maximum atomic E-state index is 13.8. The molecule has 4 N–H and O–H groups in total. The summed E-state index contributed by atoms with van der Waals surface area (Å²) in [6.45, 7) is 14.3. The molecule has 13 heteroatoms. The predicted molar refractivity (Wildman–Crippen MR) is 193 cm³/mol. The van der Waals surface area contributed by atoms with E-state index < -0.39 is 71.3 Å². The first kappa shape index (κ1) is 42.0. The number of carbonyl (C=O) groups excluding carboxylic acids is 6. The third-order valence-corrected chi connectivity index (χ3v) is 10.2. The molecule has 1 saturated heterocycles. The molecule has 0 saturated carbocycles. The molecule has 0 aromatic heterocycles. The standard InChI is InChI=1S/C36H53N3O8S2/c1-22(2)30-27(40)20-29(42)47-24(16-12-13-17-48-33(45)35(3,4)5)19-28(41)37-25(18-23-14-10-9-11-15-23)31(43)38-26(32(44)39-30)21-49-34(46)36(6,7)8/h9-12,14-16,22,24-27,30,40H,13,17-21H2,1-8H3,(H,37,41)(H,38,43)(H,39,44)/b16-12+/t24-,25-,26+,27+,30-/m1/s1. The minimum absolute atomic E-state index is 0.0470. The molecule has 11 nitrogen and oxygen atoms in total. The van der Waals surface area contributed by atoms with Gasteiger partial charge in [-0.1, -0.05) is 115 Å². The van der Waals surface area contributed by atoms with Gasteiger partial charge in [-0.2, -0.15) is 0 Å². The van der Waals surface area contributed by atoms with Crippen molar-refractivity contribution in [3.8, 4) is 0 Å². The van der Waals surface area contributed by atoms with Crippen molar-refractivity contribution in [1.29, 1.82) is 0 Å². The number of ether oxygens (including phenoxy) is 1. The van der Waals surface area contributed by atoms with Crippen molar-refractivity contribution in [1.82, 2.24) is 16.0 Å². The average Bonchev–Trinajstić information content (AvgIpc) is 2.99. The number of cyclic esters (lactones) is 1. The van der Waals surface area contributed by atoms with Crippen molar-refractivity contribution < 1.29 is 38.6 Å². The summed E-state index contributed by atoms with van der Waals surface area (Å²) in [6, 6.07) is 5.86. The second-order valence-corrected chi connectivity index (χ2v) is 16.7. The lowest BCUT2D eigenvalue weighted by Gasteiger charge is -2.30. The second kappa shape index (κ2) is 19.3. The molecule has 1 heterocycles. The van der Waals surface area contributed by atoms with E-state index >= 15 is 0 Å². The van der Waals surface area contributed by atoms with Gasteiger partial charge in [0.2, 0.25) is 17.7 Å². The van der Waals surface area contributed by atoms with E-state index in [9.17, 15) is 33.9 Å². The molecular weight excluding hydrogens is 667 g/mol. The van der Waals surface area contributed by atoms with Gasteiger partial charge < -0.3 is 25.8 Å². The fraction of sp³-hybridized carbons (Fsp3) is 0.611. The Morgan fingerprint density at radius 1 is 0.878 bits per heavy atom. The van der Waals surface area contributed by atoms with E-state index in [1.165, 1.54) is 11.8 Å². The van der Waals surface area contributed by atoms with Crippen molar-refractivity contribution in [2.75, 3.05) is 11.5 Å². The topological polar surface area (TPSA) is 168 Å². The van der Waals surface area contributed by atoms with Crippen molar-refractivity contribution in [3.63, 3.8) is 0 Å². The van der Waals surface area contributed by atoms with Crippen LogP contribution in [0.4, 0.5) is 0 Å². The number of thioether (sulfide) groups is 2. The Morgan fingerprint density at radius 2 is 1.47 bits per heavy atom. The molecule has 49 heavy (non-hydrogen) atoms. The summed E-state index contributed by atoms with van der Waals surface area (Å²) in [5.74, 6) is -2.55. The van der Waals surface area contributed by atoms with Gasteiger partial charge in [0.1, 0.15) is 18.2 Å². The highest BCUT2D eigenvalue weighted by molar-refractivity contribution is 8.14.